The number of nitrogens with zero attached hydrogens (tertiary/aromatic N) is 3. The maximum Gasteiger partial charge on any atom is 0.218 e. The number of halogens is 1. The Morgan fingerprint density at radius 2 is 2.17 bits per heavy atom. The second-order valence-electron chi connectivity index (χ2n) is 5.86. The lowest BCUT2D eigenvalue weighted by molar-refractivity contribution is 0.391. The van der Waals surface area contributed by atoms with Gasteiger partial charge in [0.25, 0.3) is 0 Å². The van der Waals surface area contributed by atoms with E-state index in [0.717, 1.165) is 22.2 Å². The highest BCUT2D eigenvalue weighted by molar-refractivity contribution is 7.88. The SMILES string of the molecule is O=S(=O)(Cc1cccc(Cl)c1)N1CCc2c(cnc3[nH]ncc23)C1. The lowest BCUT2D eigenvalue weighted by Gasteiger charge is -2.28. The molecule has 1 aromatic carbocycles. The average molecular weight is 363 g/mol. The van der Waals surface area contributed by atoms with Gasteiger partial charge >= 0.3 is 0 Å². The molecule has 0 spiro atoms. The largest absolute Gasteiger partial charge is 0.261 e. The summed E-state index contributed by atoms with van der Waals surface area (Å²) in [5.41, 5.74) is 3.49. The third kappa shape index (κ3) is 2.79. The van der Waals surface area contributed by atoms with Gasteiger partial charge in [0.05, 0.1) is 11.9 Å². The van der Waals surface area contributed by atoms with Gasteiger partial charge in [-0.2, -0.15) is 9.40 Å². The molecular formula is C16H15ClN4O2S. The van der Waals surface area contributed by atoms with Crippen molar-refractivity contribution in [1.29, 1.82) is 0 Å². The Hall–Kier alpha value is -1.96. The molecule has 8 heteroatoms. The Balaban J connectivity index is 1.61. The van der Waals surface area contributed by atoms with E-state index in [2.05, 4.69) is 15.2 Å². The molecule has 0 fully saturated rings. The van der Waals surface area contributed by atoms with E-state index in [9.17, 15) is 8.42 Å². The number of nitrogens with one attached hydrogen (secondary N) is 1. The fourth-order valence-corrected chi connectivity index (χ4v) is 4.80. The van der Waals surface area contributed by atoms with Crippen LogP contribution in [0.2, 0.25) is 5.02 Å². The number of hydrogen-bond acceptors (Lipinski definition) is 4. The highest BCUT2D eigenvalue weighted by atomic mass is 35.5. The molecule has 3 heterocycles. The molecule has 0 aliphatic carbocycles. The molecular weight excluding hydrogens is 348 g/mol. The maximum absolute atomic E-state index is 12.7. The van der Waals surface area contributed by atoms with Gasteiger partial charge in [-0.05, 0) is 35.2 Å². The summed E-state index contributed by atoms with van der Waals surface area (Å²) < 4.78 is 27.0. The molecule has 2 aromatic heterocycles. The Kier molecular flexibility index (Phi) is 3.79. The van der Waals surface area contributed by atoms with Gasteiger partial charge in [0.2, 0.25) is 10.0 Å². The molecule has 1 aliphatic heterocycles. The van der Waals surface area contributed by atoms with E-state index in [0.29, 0.717) is 30.1 Å². The predicted molar refractivity (Wildman–Crippen MR) is 92.1 cm³/mol. The highest BCUT2D eigenvalue weighted by Crippen LogP contribution is 2.27. The van der Waals surface area contributed by atoms with Gasteiger partial charge in [-0.15, -0.1) is 0 Å². The Labute approximate surface area is 144 Å². The number of rotatable bonds is 3. The van der Waals surface area contributed by atoms with Gasteiger partial charge in [-0.25, -0.2) is 13.4 Å². The zero-order valence-corrected chi connectivity index (χ0v) is 14.3. The van der Waals surface area contributed by atoms with E-state index in [-0.39, 0.29) is 5.75 Å². The van der Waals surface area contributed by atoms with Crippen LogP contribution in [0, 0.1) is 0 Å². The summed E-state index contributed by atoms with van der Waals surface area (Å²) in [6.45, 7) is 0.798. The van der Waals surface area contributed by atoms with E-state index in [1.54, 1.807) is 36.7 Å². The fraction of sp³-hybridized carbons (Fsp3) is 0.250. The number of aromatic nitrogens is 3. The van der Waals surface area contributed by atoms with E-state index in [1.165, 1.54) is 4.31 Å². The maximum atomic E-state index is 12.7. The lowest BCUT2D eigenvalue weighted by atomic mass is 10.0. The number of fused-ring (bicyclic) bond motifs is 3. The average Bonchev–Trinajstić information content (AvgIpc) is 3.03. The highest BCUT2D eigenvalue weighted by Gasteiger charge is 2.28. The molecule has 1 aliphatic rings. The summed E-state index contributed by atoms with van der Waals surface area (Å²) in [6, 6.07) is 6.96. The first-order valence-corrected chi connectivity index (χ1v) is 9.54. The van der Waals surface area contributed by atoms with Crippen LogP contribution in [0.4, 0.5) is 0 Å². The van der Waals surface area contributed by atoms with Crippen molar-refractivity contribution < 1.29 is 8.42 Å². The predicted octanol–water partition coefficient (Wildman–Crippen LogP) is 2.50. The molecule has 1 N–H and O–H groups in total. The van der Waals surface area contributed by atoms with Gasteiger partial charge in [-0.1, -0.05) is 23.7 Å². The van der Waals surface area contributed by atoms with Crippen molar-refractivity contribution in [2.75, 3.05) is 6.54 Å². The van der Waals surface area contributed by atoms with Crippen molar-refractivity contribution in [1.82, 2.24) is 19.5 Å². The van der Waals surface area contributed by atoms with Crippen molar-refractivity contribution in [2.24, 2.45) is 0 Å². The first-order valence-electron chi connectivity index (χ1n) is 7.55. The zero-order chi connectivity index (χ0) is 16.7. The smallest absolute Gasteiger partial charge is 0.218 e. The van der Waals surface area contributed by atoms with Crippen LogP contribution in [0.5, 0.6) is 0 Å². The van der Waals surface area contributed by atoms with Crippen LogP contribution in [0.25, 0.3) is 11.0 Å². The van der Waals surface area contributed by atoms with Gasteiger partial charge in [0, 0.05) is 29.7 Å². The number of hydrogen-bond donors (Lipinski definition) is 1. The quantitative estimate of drug-likeness (QED) is 0.776. The number of sulfonamides is 1. The van der Waals surface area contributed by atoms with Gasteiger partial charge < -0.3 is 0 Å². The van der Waals surface area contributed by atoms with Crippen molar-refractivity contribution in [3.8, 4) is 0 Å². The molecule has 6 nitrogen and oxygen atoms in total. The van der Waals surface area contributed by atoms with Gasteiger partial charge in [0.1, 0.15) is 0 Å². The molecule has 0 saturated heterocycles. The number of pyridine rings is 1. The molecule has 0 amide bonds. The second-order valence-corrected chi connectivity index (χ2v) is 8.27. The summed E-state index contributed by atoms with van der Waals surface area (Å²) in [5.74, 6) is -0.0513. The minimum Gasteiger partial charge on any atom is -0.261 e. The first-order chi connectivity index (χ1) is 11.5. The third-order valence-corrected chi connectivity index (χ3v) is 6.30. The molecule has 0 unspecified atom stereocenters. The van der Waals surface area contributed by atoms with E-state index in [1.807, 2.05) is 0 Å². The molecule has 24 heavy (non-hydrogen) atoms. The summed E-state index contributed by atoms with van der Waals surface area (Å²) in [6.07, 6.45) is 4.14. The van der Waals surface area contributed by atoms with Crippen molar-refractivity contribution in [3.63, 3.8) is 0 Å². The molecule has 0 saturated carbocycles. The zero-order valence-electron chi connectivity index (χ0n) is 12.7. The van der Waals surface area contributed by atoms with E-state index in [4.69, 9.17) is 11.6 Å². The van der Waals surface area contributed by atoms with Crippen LogP contribution in [0.3, 0.4) is 0 Å². The van der Waals surface area contributed by atoms with Crippen LogP contribution in [0.1, 0.15) is 16.7 Å². The molecule has 0 bridgehead atoms. The van der Waals surface area contributed by atoms with Crippen LogP contribution >= 0.6 is 11.6 Å². The van der Waals surface area contributed by atoms with E-state index >= 15 is 0 Å². The van der Waals surface area contributed by atoms with Crippen molar-refractivity contribution >= 4 is 32.7 Å². The normalized spacial score (nSPS) is 15.5. The number of aromatic amines is 1. The van der Waals surface area contributed by atoms with Crippen molar-refractivity contribution in [2.45, 2.75) is 18.7 Å². The minimum absolute atomic E-state index is 0.0513. The first kappa shape index (κ1) is 15.6. The van der Waals surface area contributed by atoms with Crippen LogP contribution in [0.15, 0.2) is 36.7 Å². The molecule has 0 radical (unpaired) electrons. The van der Waals surface area contributed by atoms with Gasteiger partial charge in [-0.3, -0.25) is 5.10 Å². The lowest BCUT2D eigenvalue weighted by Crippen LogP contribution is -2.36. The monoisotopic (exact) mass is 362 g/mol. The van der Waals surface area contributed by atoms with Crippen molar-refractivity contribution in [3.05, 3.63) is 58.4 Å². The van der Waals surface area contributed by atoms with Crippen LogP contribution < -0.4 is 0 Å². The molecule has 4 rings (SSSR count). The standard InChI is InChI=1S/C16H15ClN4O2S/c17-13-3-1-2-11(6-13)10-24(22,23)21-5-4-14-12(9-21)7-18-16-15(14)8-19-20-16/h1-3,6-8H,4-5,9-10H2,(H,18,19,20). The van der Waals surface area contributed by atoms with Crippen LogP contribution in [-0.4, -0.2) is 34.4 Å². The van der Waals surface area contributed by atoms with E-state index < -0.39 is 10.0 Å². The van der Waals surface area contributed by atoms with Crippen LogP contribution in [-0.2, 0) is 28.7 Å². The summed E-state index contributed by atoms with van der Waals surface area (Å²) in [4.78, 5) is 4.31. The fourth-order valence-electron chi connectivity index (χ4n) is 3.10. The Bertz CT molecular complexity index is 1020. The third-order valence-electron chi connectivity index (χ3n) is 4.27. The number of benzene rings is 1. The molecule has 0 atom stereocenters. The molecule has 3 aromatic rings. The molecule has 124 valence electrons. The Morgan fingerprint density at radius 3 is 3.00 bits per heavy atom. The minimum atomic E-state index is -3.41. The second kappa shape index (κ2) is 5.84. The summed E-state index contributed by atoms with van der Waals surface area (Å²) >= 11 is 5.95. The number of H-pyrrole nitrogens is 1. The topological polar surface area (TPSA) is 79.0 Å². The summed E-state index contributed by atoms with van der Waals surface area (Å²) in [7, 11) is -3.41. The van der Waals surface area contributed by atoms with Gasteiger partial charge in [0.15, 0.2) is 5.65 Å². The summed E-state index contributed by atoms with van der Waals surface area (Å²) in [5, 5.41) is 8.36. The Morgan fingerprint density at radius 1 is 1.29 bits per heavy atom.